The number of benzene rings is 1. The van der Waals surface area contributed by atoms with Crippen molar-refractivity contribution in [2.24, 2.45) is 13.0 Å². The molecular formula is C21H23N5O. The molecule has 1 unspecified atom stereocenters. The Balaban J connectivity index is 1.79. The molecule has 1 amide bonds. The van der Waals surface area contributed by atoms with E-state index in [1.54, 1.807) is 10.9 Å². The molecule has 0 saturated heterocycles. The Bertz CT molecular complexity index is 964. The predicted octanol–water partition coefficient (Wildman–Crippen LogP) is 3.01. The molecular weight excluding hydrogens is 338 g/mol. The van der Waals surface area contributed by atoms with Crippen molar-refractivity contribution in [1.29, 1.82) is 0 Å². The van der Waals surface area contributed by atoms with E-state index in [1.165, 1.54) is 0 Å². The molecule has 4 rings (SSSR count). The molecule has 1 aliphatic rings. The maximum atomic E-state index is 12.6. The van der Waals surface area contributed by atoms with Crippen LogP contribution < -0.4 is 0 Å². The van der Waals surface area contributed by atoms with Crippen molar-refractivity contribution in [3.63, 3.8) is 0 Å². The molecule has 1 aliphatic heterocycles. The van der Waals surface area contributed by atoms with Gasteiger partial charge in [0, 0.05) is 49.9 Å². The third kappa shape index (κ3) is 3.35. The molecule has 1 atom stereocenters. The summed E-state index contributed by atoms with van der Waals surface area (Å²) in [5, 5.41) is 4.22. The zero-order valence-corrected chi connectivity index (χ0v) is 15.8. The zero-order chi connectivity index (χ0) is 19.0. The molecule has 6 heteroatoms. The maximum absolute atomic E-state index is 12.6. The van der Waals surface area contributed by atoms with Crippen molar-refractivity contribution in [2.45, 2.75) is 26.3 Å². The Morgan fingerprint density at radius 3 is 2.63 bits per heavy atom. The number of rotatable bonds is 3. The van der Waals surface area contributed by atoms with E-state index in [4.69, 9.17) is 4.98 Å². The fourth-order valence-electron chi connectivity index (χ4n) is 3.58. The van der Waals surface area contributed by atoms with Crippen molar-refractivity contribution in [3.05, 3.63) is 65.7 Å². The first kappa shape index (κ1) is 17.4. The Morgan fingerprint density at radius 1 is 1.19 bits per heavy atom. The number of amides is 1. The molecule has 0 spiro atoms. The van der Waals surface area contributed by atoms with Gasteiger partial charge in [-0.25, -0.2) is 9.97 Å². The summed E-state index contributed by atoms with van der Waals surface area (Å²) in [6.07, 6.45) is 5.55. The first-order valence-electron chi connectivity index (χ1n) is 9.21. The molecule has 0 radical (unpaired) electrons. The maximum Gasteiger partial charge on any atom is 0.225 e. The van der Waals surface area contributed by atoms with E-state index in [9.17, 15) is 4.79 Å². The Labute approximate surface area is 158 Å². The van der Waals surface area contributed by atoms with Gasteiger partial charge in [-0.05, 0) is 5.56 Å². The summed E-state index contributed by atoms with van der Waals surface area (Å²) in [5.74, 6) is 0.846. The molecule has 0 fully saturated rings. The average Bonchev–Trinajstić information content (AvgIpc) is 3.13. The largest absolute Gasteiger partial charge is 0.337 e. The van der Waals surface area contributed by atoms with Gasteiger partial charge in [0.05, 0.1) is 17.5 Å². The molecule has 0 N–H and O–H groups in total. The van der Waals surface area contributed by atoms with Gasteiger partial charge in [-0.1, -0.05) is 44.2 Å². The topological polar surface area (TPSA) is 63.9 Å². The van der Waals surface area contributed by atoms with Crippen LogP contribution >= 0.6 is 0 Å². The third-order valence-electron chi connectivity index (χ3n) is 4.96. The van der Waals surface area contributed by atoms with Gasteiger partial charge in [0.25, 0.3) is 0 Å². The molecule has 0 aliphatic carbocycles. The van der Waals surface area contributed by atoms with Gasteiger partial charge in [-0.2, -0.15) is 5.10 Å². The highest BCUT2D eigenvalue weighted by Gasteiger charge is 2.32. The minimum absolute atomic E-state index is 0.0291. The molecule has 138 valence electrons. The third-order valence-corrected chi connectivity index (χ3v) is 4.96. The molecule has 0 saturated carbocycles. The highest BCUT2D eigenvalue weighted by molar-refractivity contribution is 5.78. The predicted molar refractivity (Wildman–Crippen MR) is 103 cm³/mol. The number of hydrogen-bond acceptors (Lipinski definition) is 4. The van der Waals surface area contributed by atoms with Crippen LogP contribution in [0.2, 0.25) is 0 Å². The van der Waals surface area contributed by atoms with Gasteiger partial charge >= 0.3 is 0 Å². The van der Waals surface area contributed by atoms with Gasteiger partial charge in [-0.15, -0.1) is 0 Å². The summed E-state index contributed by atoms with van der Waals surface area (Å²) in [6, 6.07) is 10.3. The van der Waals surface area contributed by atoms with E-state index in [2.05, 4.69) is 22.2 Å². The number of aromatic nitrogens is 4. The van der Waals surface area contributed by atoms with Crippen LogP contribution in [0.15, 0.2) is 48.9 Å². The van der Waals surface area contributed by atoms with Crippen LogP contribution in [-0.4, -0.2) is 37.1 Å². The van der Waals surface area contributed by atoms with Crippen LogP contribution in [0, 0.1) is 5.92 Å². The lowest BCUT2D eigenvalue weighted by atomic mass is 9.88. The van der Waals surface area contributed by atoms with Gasteiger partial charge in [-0.3, -0.25) is 9.48 Å². The van der Waals surface area contributed by atoms with E-state index in [-0.39, 0.29) is 17.7 Å². The van der Waals surface area contributed by atoms with Crippen molar-refractivity contribution in [3.8, 4) is 11.4 Å². The highest BCUT2D eigenvalue weighted by Crippen LogP contribution is 2.33. The van der Waals surface area contributed by atoms with E-state index < -0.39 is 0 Å². The molecule has 6 nitrogen and oxygen atoms in total. The highest BCUT2D eigenvalue weighted by atomic mass is 16.2. The summed E-state index contributed by atoms with van der Waals surface area (Å²) in [5.41, 5.74) is 4.07. The summed E-state index contributed by atoms with van der Waals surface area (Å²) in [4.78, 5) is 24.0. The van der Waals surface area contributed by atoms with Crippen LogP contribution in [0.5, 0.6) is 0 Å². The van der Waals surface area contributed by atoms with Crippen LogP contribution in [0.3, 0.4) is 0 Å². The summed E-state index contributed by atoms with van der Waals surface area (Å²) >= 11 is 0. The molecule has 2 aromatic heterocycles. The molecule has 1 aromatic carbocycles. The van der Waals surface area contributed by atoms with Gasteiger partial charge in [0.1, 0.15) is 0 Å². The number of carbonyl (C=O) groups is 1. The van der Waals surface area contributed by atoms with E-state index in [0.717, 1.165) is 22.4 Å². The Kier molecular flexibility index (Phi) is 4.48. The lowest BCUT2D eigenvalue weighted by Gasteiger charge is -2.35. The zero-order valence-electron chi connectivity index (χ0n) is 15.8. The van der Waals surface area contributed by atoms with Crippen LogP contribution in [0.1, 0.15) is 36.6 Å². The lowest BCUT2D eigenvalue weighted by Crippen LogP contribution is -2.41. The number of nitrogens with zero attached hydrogens (tertiary/aromatic N) is 5. The lowest BCUT2D eigenvalue weighted by molar-refractivity contribution is -0.135. The minimum atomic E-state index is -0.0291. The van der Waals surface area contributed by atoms with Gasteiger partial charge < -0.3 is 4.90 Å². The smallest absolute Gasteiger partial charge is 0.225 e. The monoisotopic (exact) mass is 361 g/mol. The van der Waals surface area contributed by atoms with E-state index in [1.807, 2.05) is 56.4 Å². The van der Waals surface area contributed by atoms with Crippen LogP contribution in [-0.2, 0) is 18.4 Å². The van der Waals surface area contributed by atoms with Crippen molar-refractivity contribution < 1.29 is 4.79 Å². The fraction of sp³-hybridized carbons (Fsp3) is 0.333. The molecule has 27 heavy (non-hydrogen) atoms. The van der Waals surface area contributed by atoms with Crippen molar-refractivity contribution in [1.82, 2.24) is 24.6 Å². The van der Waals surface area contributed by atoms with E-state index in [0.29, 0.717) is 18.9 Å². The quantitative estimate of drug-likeness (QED) is 0.719. The number of fused-ring (bicyclic) bond motifs is 1. The van der Waals surface area contributed by atoms with E-state index >= 15 is 0 Å². The Morgan fingerprint density at radius 2 is 1.96 bits per heavy atom. The Hall–Kier alpha value is -3.02. The minimum Gasteiger partial charge on any atom is -0.337 e. The van der Waals surface area contributed by atoms with Crippen molar-refractivity contribution >= 4 is 5.91 Å². The van der Waals surface area contributed by atoms with Gasteiger partial charge in [0.15, 0.2) is 5.82 Å². The SMILES string of the molecule is CC(C)C(=O)N1Cc2cnc(-c3cnn(C)c3)nc2C(c2ccccc2)C1. The summed E-state index contributed by atoms with van der Waals surface area (Å²) in [6.45, 7) is 5.08. The standard InChI is InChI=1S/C21H23N5O/c1-14(2)21(27)26-12-16-9-22-20(17-10-23-25(3)11-17)24-19(16)18(13-26)15-7-5-4-6-8-15/h4-11,14,18H,12-13H2,1-3H3. The summed E-state index contributed by atoms with van der Waals surface area (Å²) < 4.78 is 1.75. The molecule has 3 aromatic rings. The fourth-order valence-corrected chi connectivity index (χ4v) is 3.58. The summed E-state index contributed by atoms with van der Waals surface area (Å²) in [7, 11) is 1.88. The van der Waals surface area contributed by atoms with Crippen LogP contribution in [0.25, 0.3) is 11.4 Å². The number of hydrogen-bond donors (Lipinski definition) is 0. The second-order valence-electron chi connectivity index (χ2n) is 7.34. The number of carbonyl (C=O) groups excluding carboxylic acids is 1. The van der Waals surface area contributed by atoms with Crippen molar-refractivity contribution in [2.75, 3.05) is 6.54 Å². The number of aryl methyl sites for hydroxylation is 1. The second kappa shape index (κ2) is 6.95. The second-order valence-corrected chi connectivity index (χ2v) is 7.34. The first-order valence-corrected chi connectivity index (χ1v) is 9.21. The average molecular weight is 361 g/mol. The molecule has 3 heterocycles. The first-order chi connectivity index (χ1) is 13.0. The normalized spacial score (nSPS) is 16.4. The van der Waals surface area contributed by atoms with Crippen LogP contribution in [0.4, 0.5) is 0 Å². The molecule has 0 bridgehead atoms. The van der Waals surface area contributed by atoms with Gasteiger partial charge in [0.2, 0.25) is 5.91 Å².